The van der Waals surface area contributed by atoms with Crippen molar-refractivity contribution in [3.63, 3.8) is 0 Å². The molecule has 0 spiro atoms. The number of carbonyl (C=O) groups excluding carboxylic acids is 1. The minimum Gasteiger partial charge on any atom is -0.366 e. The van der Waals surface area contributed by atoms with Crippen molar-refractivity contribution < 1.29 is 9.53 Å². The maximum atomic E-state index is 12.5. The Kier molecular flexibility index (Phi) is 4.42. The molecule has 2 rings (SSSR count). The van der Waals surface area contributed by atoms with Gasteiger partial charge in [-0.2, -0.15) is 0 Å². The molecule has 0 saturated carbocycles. The van der Waals surface area contributed by atoms with E-state index in [2.05, 4.69) is 4.98 Å². The fraction of sp³-hybridized carbons (Fsp3) is 0.250. The van der Waals surface area contributed by atoms with Crippen LogP contribution in [0, 0.1) is 6.92 Å². The van der Waals surface area contributed by atoms with Gasteiger partial charge < -0.3 is 4.74 Å². The lowest BCUT2D eigenvalue weighted by Crippen LogP contribution is -2.16. The number of carbonyl (C=O) groups is 1. The molecule has 0 saturated heterocycles. The number of rotatable bonds is 5. The van der Waals surface area contributed by atoms with Crippen molar-refractivity contribution >= 4 is 5.78 Å². The van der Waals surface area contributed by atoms with Crippen molar-refractivity contribution in [3.05, 3.63) is 65.5 Å². The molecule has 1 aromatic heterocycles. The van der Waals surface area contributed by atoms with Crippen molar-refractivity contribution in [2.45, 2.75) is 20.0 Å². The number of hydrogen-bond acceptors (Lipinski definition) is 3. The second-order valence-electron chi connectivity index (χ2n) is 4.30. The first kappa shape index (κ1) is 13.4. The number of ketones is 1. The van der Waals surface area contributed by atoms with E-state index in [1.54, 1.807) is 12.3 Å². The van der Waals surface area contributed by atoms with Crippen LogP contribution in [0.25, 0.3) is 0 Å². The number of aryl methyl sites for hydroxylation is 1. The molecule has 0 fully saturated rings. The first-order valence-electron chi connectivity index (χ1n) is 6.35. The Morgan fingerprint density at radius 1 is 1.21 bits per heavy atom. The van der Waals surface area contributed by atoms with Gasteiger partial charge in [0.15, 0.2) is 5.78 Å². The summed E-state index contributed by atoms with van der Waals surface area (Å²) in [6.07, 6.45) is 1.04. The van der Waals surface area contributed by atoms with Crippen LogP contribution in [0.3, 0.4) is 0 Å². The highest BCUT2D eigenvalue weighted by Gasteiger charge is 2.22. The van der Waals surface area contributed by atoms with Crippen LogP contribution in [0.1, 0.15) is 34.6 Å². The lowest BCUT2D eigenvalue weighted by molar-refractivity contribution is 0.0452. The average molecular weight is 255 g/mol. The SMILES string of the molecule is CCOC(C(=O)c1ccc(C)nc1)c1ccccc1. The van der Waals surface area contributed by atoms with E-state index in [9.17, 15) is 4.79 Å². The molecule has 0 aliphatic rings. The summed E-state index contributed by atoms with van der Waals surface area (Å²) in [5.74, 6) is -0.0550. The smallest absolute Gasteiger partial charge is 0.197 e. The Morgan fingerprint density at radius 2 is 1.95 bits per heavy atom. The molecule has 1 heterocycles. The van der Waals surface area contributed by atoms with Crippen molar-refractivity contribution in [2.24, 2.45) is 0 Å². The maximum Gasteiger partial charge on any atom is 0.197 e. The zero-order chi connectivity index (χ0) is 13.7. The van der Waals surface area contributed by atoms with Gasteiger partial charge in [0.2, 0.25) is 0 Å². The third kappa shape index (κ3) is 3.26. The Morgan fingerprint density at radius 3 is 2.53 bits per heavy atom. The molecule has 19 heavy (non-hydrogen) atoms. The summed E-state index contributed by atoms with van der Waals surface area (Å²) in [5, 5.41) is 0. The van der Waals surface area contributed by atoms with Crippen molar-refractivity contribution in [3.8, 4) is 0 Å². The number of Topliss-reactive ketones (excluding diaryl/α,β-unsaturated/α-hetero) is 1. The molecule has 1 atom stereocenters. The van der Waals surface area contributed by atoms with Gasteiger partial charge in [0, 0.05) is 24.1 Å². The highest BCUT2D eigenvalue weighted by molar-refractivity contribution is 5.99. The van der Waals surface area contributed by atoms with E-state index in [1.807, 2.05) is 50.2 Å². The van der Waals surface area contributed by atoms with E-state index in [1.165, 1.54) is 0 Å². The molecule has 0 aliphatic carbocycles. The molecule has 0 bridgehead atoms. The van der Waals surface area contributed by atoms with E-state index in [-0.39, 0.29) is 5.78 Å². The summed E-state index contributed by atoms with van der Waals surface area (Å²) < 4.78 is 5.60. The summed E-state index contributed by atoms with van der Waals surface area (Å²) in [5.41, 5.74) is 2.34. The van der Waals surface area contributed by atoms with Gasteiger partial charge in [-0.1, -0.05) is 30.3 Å². The highest BCUT2D eigenvalue weighted by Crippen LogP contribution is 2.22. The highest BCUT2D eigenvalue weighted by atomic mass is 16.5. The van der Waals surface area contributed by atoms with Crippen molar-refractivity contribution in [1.29, 1.82) is 0 Å². The van der Waals surface area contributed by atoms with Gasteiger partial charge in [-0.15, -0.1) is 0 Å². The number of ether oxygens (including phenoxy) is 1. The Labute approximate surface area is 113 Å². The Bertz CT molecular complexity index is 534. The van der Waals surface area contributed by atoms with Crippen molar-refractivity contribution in [2.75, 3.05) is 6.61 Å². The summed E-state index contributed by atoms with van der Waals surface area (Å²) in [4.78, 5) is 16.6. The van der Waals surface area contributed by atoms with Crippen LogP contribution in [0.4, 0.5) is 0 Å². The zero-order valence-electron chi connectivity index (χ0n) is 11.2. The molecule has 98 valence electrons. The van der Waals surface area contributed by atoms with E-state index in [0.29, 0.717) is 12.2 Å². The van der Waals surface area contributed by atoms with Crippen LogP contribution in [0.2, 0.25) is 0 Å². The molecule has 0 N–H and O–H groups in total. The molecular weight excluding hydrogens is 238 g/mol. The number of pyridine rings is 1. The van der Waals surface area contributed by atoms with E-state index < -0.39 is 6.10 Å². The molecule has 0 aliphatic heterocycles. The largest absolute Gasteiger partial charge is 0.366 e. The quantitative estimate of drug-likeness (QED) is 0.769. The fourth-order valence-electron chi connectivity index (χ4n) is 1.88. The minimum absolute atomic E-state index is 0.0550. The number of hydrogen-bond donors (Lipinski definition) is 0. The van der Waals surface area contributed by atoms with E-state index in [0.717, 1.165) is 11.3 Å². The standard InChI is InChI=1S/C16H17NO2/c1-3-19-16(13-7-5-4-6-8-13)15(18)14-10-9-12(2)17-11-14/h4-11,16H,3H2,1-2H3. The first-order valence-corrected chi connectivity index (χ1v) is 6.35. The van der Waals surface area contributed by atoms with Gasteiger partial charge >= 0.3 is 0 Å². The molecular formula is C16H17NO2. The van der Waals surface area contributed by atoms with Crippen LogP contribution < -0.4 is 0 Å². The molecule has 0 amide bonds. The predicted molar refractivity (Wildman–Crippen MR) is 74.1 cm³/mol. The normalized spacial score (nSPS) is 12.1. The zero-order valence-corrected chi connectivity index (χ0v) is 11.2. The van der Waals surface area contributed by atoms with E-state index >= 15 is 0 Å². The van der Waals surface area contributed by atoms with Gasteiger partial charge in [-0.25, -0.2) is 0 Å². The van der Waals surface area contributed by atoms with Crippen LogP contribution in [-0.4, -0.2) is 17.4 Å². The second kappa shape index (κ2) is 6.25. The lowest BCUT2D eigenvalue weighted by Gasteiger charge is -2.16. The molecule has 1 unspecified atom stereocenters. The summed E-state index contributed by atoms with van der Waals surface area (Å²) in [7, 11) is 0. The van der Waals surface area contributed by atoms with Gasteiger partial charge in [-0.3, -0.25) is 9.78 Å². The third-order valence-corrected chi connectivity index (χ3v) is 2.87. The average Bonchev–Trinajstić information content (AvgIpc) is 2.46. The molecule has 1 aromatic carbocycles. The lowest BCUT2D eigenvalue weighted by atomic mass is 10.0. The van der Waals surface area contributed by atoms with Crippen LogP contribution in [-0.2, 0) is 4.74 Å². The predicted octanol–water partition coefficient (Wildman–Crippen LogP) is 3.35. The van der Waals surface area contributed by atoms with E-state index in [4.69, 9.17) is 4.74 Å². The first-order chi connectivity index (χ1) is 9.22. The number of benzene rings is 1. The molecule has 3 heteroatoms. The number of aromatic nitrogens is 1. The minimum atomic E-state index is -0.560. The molecule has 3 nitrogen and oxygen atoms in total. The van der Waals surface area contributed by atoms with Gasteiger partial charge in [0.25, 0.3) is 0 Å². The summed E-state index contributed by atoms with van der Waals surface area (Å²) in [6, 6.07) is 13.2. The van der Waals surface area contributed by atoms with Gasteiger partial charge in [0.05, 0.1) is 0 Å². The van der Waals surface area contributed by atoms with Crippen molar-refractivity contribution in [1.82, 2.24) is 4.98 Å². The Balaban J connectivity index is 2.29. The third-order valence-electron chi connectivity index (χ3n) is 2.87. The fourth-order valence-corrected chi connectivity index (χ4v) is 1.88. The maximum absolute atomic E-state index is 12.5. The molecule has 2 aromatic rings. The van der Waals surface area contributed by atoms with Crippen LogP contribution in [0.5, 0.6) is 0 Å². The summed E-state index contributed by atoms with van der Waals surface area (Å²) >= 11 is 0. The Hall–Kier alpha value is -2.00. The second-order valence-corrected chi connectivity index (χ2v) is 4.30. The number of nitrogens with zero attached hydrogens (tertiary/aromatic N) is 1. The van der Waals surface area contributed by atoms with Gasteiger partial charge in [-0.05, 0) is 31.5 Å². The van der Waals surface area contributed by atoms with Gasteiger partial charge in [0.1, 0.15) is 6.10 Å². The molecule has 0 radical (unpaired) electrons. The topological polar surface area (TPSA) is 39.2 Å². The monoisotopic (exact) mass is 255 g/mol. The summed E-state index contributed by atoms with van der Waals surface area (Å²) in [6.45, 7) is 4.27. The van der Waals surface area contributed by atoms with Crippen LogP contribution >= 0.6 is 0 Å². The van der Waals surface area contributed by atoms with Crippen LogP contribution in [0.15, 0.2) is 48.7 Å².